The molecule has 1 N–H and O–H groups in total. The molecule has 1 unspecified atom stereocenters. The van der Waals surface area contributed by atoms with E-state index in [0.29, 0.717) is 31.2 Å². The molecule has 1 atom stereocenters. The van der Waals surface area contributed by atoms with E-state index < -0.39 is 12.0 Å². The first-order chi connectivity index (χ1) is 12.6. The van der Waals surface area contributed by atoms with Crippen LogP contribution in [0.4, 0.5) is 0 Å². The summed E-state index contributed by atoms with van der Waals surface area (Å²) >= 11 is 0. The van der Waals surface area contributed by atoms with Gasteiger partial charge in [-0.25, -0.2) is 4.98 Å². The van der Waals surface area contributed by atoms with Crippen molar-refractivity contribution < 1.29 is 24.2 Å². The van der Waals surface area contributed by atoms with Crippen molar-refractivity contribution in [2.45, 2.75) is 19.1 Å². The fourth-order valence-corrected chi connectivity index (χ4v) is 2.81. The molecule has 1 aliphatic rings. The molecule has 1 saturated heterocycles. The second kappa shape index (κ2) is 8.44. The molecular weight excluding hydrogens is 336 g/mol. The number of benzene rings is 1. The van der Waals surface area contributed by atoms with Crippen LogP contribution in [-0.4, -0.2) is 52.7 Å². The van der Waals surface area contributed by atoms with Crippen molar-refractivity contribution in [1.82, 2.24) is 9.88 Å². The number of carboxylic acids is 1. The predicted molar refractivity (Wildman–Crippen MR) is 92.9 cm³/mol. The Labute approximate surface area is 151 Å². The molecule has 26 heavy (non-hydrogen) atoms. The van der Waals surface area contributed by atoms with Crippen molar-refractivity contribution in [1.29, 1.82) is 0 Å². The largest absolute Gasteiger partial charge is 0.481 e. The number of carboxylic acid groups (broad SMARTS) is 1. The lowest BCUT2D eigenvalue weighted by Gasteiger charge is -2.34. The molecule has 1 aromatic carbocycles. The Morgan fingerprint density at radius 1 is 1.27 bits per heavy atom. The number of carbonyl (C=O) groups is 2. The van der Waals surface area contributed by atoms with E-state index >= 15 is 0 Å². The van der Waals surface area contributed by atoms with Crippen LogP contribution in [0, 0.1) is 0 Å². The number of hydrogen-bond acceptors (Lipinski definition) is 5. The van der Waals surface area contributed by atoms with Crippen molar-refractivity contribution >= 4 is 11.9 Å². The minimum atomic E-state index is -0.958. The maximum Gasteiger partial charge on any atom is 0.305 e. The lowest BCUT2D eigenvalue weighted by Crippen LogP contribution is -2.49. The highest BCUT2D eigenvalue weighted by Gasteiger charge is 2.30. The lowest BCUT2D eigenvalue weighted by molar-refractivity contribution is -0.139. The first kappa shape index (κ1) is 17.9. The number of rotatable bonds is 6. The fourth-order valence-electron chi connectivity index (χ4n) is 2.81. The molecule has 0 radical (unpaired) electrons. The summed E-state index contributed by atoms with van der Waals surface area (Å²) in [5.74, 6) is -0.853. The summed E-state index contributed by atoms with van der Waals surface area (Å²) in [7, 11) is 0. The van der Waals surface area contributed by atoms with Gasteiger partial charge >= 0.3 is 5.97 Å². The first-order valence-corrected chi connectivity index (χ1v) is 8.37. The first-order valence-electron chi connectivity index (χ1n) is 8.37. The van der Waals surface area contributed by atoms with E-state index in [1.807, 2.05) is 30.3 Å². The van der Waals surface area contributed by atoms with Gasteiger partial charge < -0.3 is 19.5 Å². The molecule has 1 aromatic heterocycles. The van der Waals surface area contributed by atoms with Crippen LogP contribution in [0.1, 0.15) is 22.3 Å². The normalized spacial score (nSPS) is 16.9. The van der Waals surface area contributed by atoms with Crippen LogP contribution in [0.5, 0.6) is 5.88 Å². The molecule has 2 heterocycles. The van der Waals surface area contributed by atoms with Crippen LogP contribution in [0.15, 0.2) is 48.7 Å². The monoisotopic (exact) mass is 356 g/mol. The minimum absolute atomic E-state index is 0.145. The summed E-state index contributed by atoms with van der Waals surface area (Å²) < 4.78 is 11.0. The van der Waals surface area contributed by atoms with E-state index in [-0.39, 0.29) is 18.9 Å². The topological polar surface area (TPSA) is 89.0 Å². The molecule has 2 aromatic rings. The van der Waals surface area contributed by atoms with Crippen LogP contribution in [0.2, 0.25) is 0 Å². The Kier molecular flexibility index (Phi) is 5.80. The van der Waals surface area contributed by atoms with Gasteiger partial charge in [-0.1, -0.05) is 30.3 Å². The van der Waals surface area contributed by atoms with Crippen molar-refractivity contribution in [3.8, 4) is 5.88 Å². The number of pyridine rings is 1. The van der Waals surface area contributed by atoms with E-state index in [1.54, 1.807) is 17.0 Å². The zero-order chi connectivity index (χ0) is 18.4. The van der Waals surface area contributed by atoms with E-state index in [9.17, 15) is 9.59 Å². The molecule has 0 saturated carbocycles. The molecule has 0 aliphatic carbocycles. The van der Waals surface area contributed by atoms with Gasteiger partial charge in [-0.2, -0.15) is 0 Å². The molecule has 7 nitrogen and oxygen atoms in total. The Hall–Kier alpha value is -2.93. The van der Waals surface area contributed by atoms with Crippen LogP contribution in [-0.2, 0) is 16.1 Å². The zero-order valence-corrected chi connectivity index (χ0v) is 14.2. The highest BCUT2D eigenvalue weighted by Crippen LogP contribution is 2.18. The molecule has 3 rings (SSSR count). The van der Waals surface area contributed by atoms with Crippen LogP contribution in [0.25, 0.3) is 0 Å². The number of morpholine rings is 1. The average molecular weight is 356 g/mol. The molecule has 1 aliphatic heterocycles. The molecule has 0 spiro atoms. The molecule has 7 heteroatoms. The summed E-state index contributed by atoms with van der Waals surface area (Å²) in [6.07, 6.45) is 1.37. The highest BCUT2D eigenvalue weighted by molar-refractivity contribution is 5.95. The standard InChI is InChI=1S/C19H20N2O5/c22-18(23)11-16-13-25-9-8-21(16)19(24)15-6-7-20-17(10-15)26-12-14-4-2-1-3-5-14/h1-7,10,16H,8-9,11-13H2,(H,22,23). The number of carbonyl (C=O) groups excluding carboxylic acids is 1. The predicted octanol–water partition coefficient (Wildman–Crippen LogP) is 1.98. The number of aliphatic carboxylic acids is 1. The lowest BCUT2D eigenvalue weighted by atomic mass is 10.1. The quantitative estimate of drug-likeness (QED) is 0.851. The number of hydrogen-bond donors (Lipinski definition) is 1. The Bertz CT molecular complexity index is 766. The summed E-state index contributed by atoms with van der Waals surface area (Å²) in [6.45, 7) is 1.33. The van der Waals surface area contributed by atoms with E-state index in [4.69, 9.17) is 14.6 Å². The van der Waals surface area contributed by atoms with Gasteiger partial charge in [0.05, 0.1) is 25.7 Å². The number of amides is 1. The van der Waals surface area contributed by atoms with E-state index in [1.165, 1.54) is 6.20 Å². The second-order valence-electron chi connectivity index (χ2n) is 5.98. The van der Waals surface area contributed by atoms with Gasteiger partial charge in [0.2, 0.25) is 5.88 Å². The third-order valence-electron chi connectivity index (χ3n) is 4.11. The van der Waals surface area contributed by atoms with Gasteiger partial charge in [0.15, 0.2) is 0 Å². The maximum absolute atomic E-state index is 12.8. The molecule has 1 amide bonds. The maximum atomic E-state index is 12.8. The average Bonchev–Trinajstić information content (AvgIpc) is 2.67. The third-order valence-corrected chi connectivity index (χ3v) is 4.11. The van der Waals surface area contributed by atoms with Crippen molar-refractivity contribution in [3.63, 3.8) is 0 Å². The number of ether oxygens (including phenoxy) is 2. The number of aromatic nitrogens is 1. The Morgan fingerprint density at radius 3 is 2.85 bits per heavy atom. The summed E-state index contributed by atoms with van der Waals surface area (Å²) in [5.41, 5.74) is 1.42. The smallest absolute Gasteiger partial charge is 0.305 e. The molecule has 0 bridgehead atoms. The van der Waals surface area contributed by atoms with Gasteiger partial charge in [-0.15, -0.1) is 0 Å². The van der Waals surface area contributed by atoms with Gasteiger partial charge in [-0.05, 0) is 11.6 Å². The van der Waals surface area contributed by atoms with Crippen molar-refractivity contribution in [3.05, 3.63) is 59.8 Å². The highest BCUT2D eigenvalue weighted by atomic mass is 16.5. The third kappa shape index (κ3) is 4.58. The van der Waals surface area contributed by atoms with E-state index in [2.05, 4.69) is 4.98 Å². The fraction of sp³-hybridized carbons (Fsp3) is 0.316. The van der Waals surface area contributed by atoms with Gasteiger partial charge in [0.25, 0.3) is 5.91 Å². The van der Waals surface area contributed by atoms with Crippen molar-refractivity contribution in [2.24, 2.45) is 0 Å². The second-order valence-corrected chi connectivity index (χ2v) is 5.98. The molecule has 1 fully saturated rings. The minimum Gasteiger partial charge on any atom is -0.481 e. The van der Waals surface area contributed by atoms with Gasteiger partial charge in [0, 0.05) is 24.4 Å². The zero-order valence-electron chi connectivity index (χ0n) is 14.2. The molecule has 136 valence electrons. The SMILES string of the molecule is O=C(O)CC1COCCN1C(=O)c1ccnc(OCc2ccccc2)c1. The summed E-state index contributed by atoms with van der Waals surface area (Å²) in [5, 5.41) is 9.03. The van der Waals surface area contributed by atoms with E-state index in [0.717, 1.165) is 5.56 Å². The van der Waals surface area contributed by atoms with Crippen LogP contribution in [0.3, 0.4) is 0 Å². The number of nitrogens with zero attached hydrogens (tertiary/aromatic N) is 2. The van der Waals surface area contributed by atoms with Gasteiger partial charge in [0.1, 0.15) is 6.61 Å². The van der Waals surface area contributed by atoms with Crippen molar-refractivity contribution in [2.75, 3.05) is 19.8 Å². The van der Waals surface area contributed by atoms with Gasteiger partial charge in [-0.3, -0.25) is 9.59 Å². The van der Waals surface area contributed by atoms with Crippen LogP contribution < -0.4 is 4.74 Å². The molecular formula is C19H20N2O5. The summed E-state index contributed by atoms with van der Waals surface area (Å²) in [4.78, 5) is 29.5. The Morgan fingerprint density at radius 2 is 2.08 bits per heavy atom. The Balaban J connectivity index is 1.69. The van der Waals surface area contributed by atoms with Crippen LogP contribution >= 0.6 is 0 Å². The summed E-state index contributed by atoms with van der Waals surface area (Å²) in [6, 6.07) is 12.4.